The molecule has 0 N–H and O–H groups in total. The first kappa shape index (κ1) is 22.1. The van der Waals surface area contributed by atoms with E-state index in [1.807, 2.05) is 30.3 Å². The maximum absolute atomic E-state index is 15.1. The molecule has 0 aromatic heterocycles. The van der Waals surface area contributed by atoms with Gasteiger partial charge in [0.05, 0.1) is 0 Å². The fourth-order valence-corrected chi connectivity index (χ4v) is 6.04. The highest BCUT2D eigenvalue weighted by atomic mass is 19.1. The molecular formula is C30H37F. The van der Waals surface area contributed by atoms with E-state index in [1.165, 1.54) is 56.1 Å². The molecule has 0 bridgehead atoms. The number of benzene rings is 2. The second kappa shape index (κ2) is 10.4. The van der Waals surface area contributed by atoms with Gasteiger partial charge in [0.1, 0.15) is 5.82 Å². The molecule has 31 heavy (non-hydrogen) atoms. The van der Waals surface area contributed by atoms with Crippen molar-refractivity contribution >= 4 is 0 Å². The van der Waals surface area contributed by atoms with Gasteiger partial charge in [-0.25, -0.2) is 4.39 Å². The molecular weight excluding hydrogens is 379 g/mol. The standard InChI is InChI=1S/C30H37F/c1-3-5-7-22-9-12-24(13-10-22)29-18-17-28(21-30(29)31)27-16-15-25-19-23(8-6-4-2)11-14-26(25)20-27/h3-4,9-10,12-13,17-18,21,23,25-27H,1-2,5-8,11,14-16,19-20H2. The summed E-state index contributed by atoms with van der Waals surface area (Å²) in [6, 6.07) is 14.3. The van der Waals surface area contributed by atoms with Gasteiger partial charge in [-0.1, -0.05) is 55.0 Å². The average Bonchev–Trinajstić information content (AvgIpc) is 2.81. The molecule has 0 saturated heterocycles. The number of hydrogen-bond donors (Lipinski definition) is 0. The van der Waals surface area contributed by atoms with Crippen LogP contribution in [0.2, 0.25) is 0 Å². The van der Waals surface area contributed by atoms with Gasteiger partial charge in [-0.05, 0) is 104 Å². The highest BCUT2D eigenvalue weighted by Crippen LogP contribution is 2.48. The number of rotatable bonds is 8. The summed E-state index contributed by atoms with van der Waals surface area (Å²) in [5.74, 6) is 3.08. The fourth-order valence-electron chi connectivity index (χ4n) is 6.04. The third kappa shape index (κ3) is 5.37. The van der Waals surface area contributed by atoms with Gasteiger partial charge in [0.2, 0.25) is 0 Å². The van der Waals surface area contributed by atoms with E-state index in [0.717, 1.165) is 48.1 Å². The average molecular weight is 417 g/mol. The van der Waals surface area contributed by atoms with Crippen LogP contribution in [-0.4, -0.2) is 0 Å². The van der Waals surface area contributed by atoms with E-state index in [4.69, 9.17) is 0 Å². The second-order valence-corrected chi connectivity index (χ2v) is 9.84. The zero-order chi connectivity index (χ0) is 21.6. The van der Waals surface area contributed by atoms with E-state index in [-0.39, 0.29) is 5.82 Å². The summed E-state index contributed by atoms with van der Waals surface area (Å²) >= 11 is 0. The molecule has 0 nitrogen and oxygen atoms in total. The minimum Gasteiger partial charge on any atom is -0.206 e. The molecule has 0 heterocycles. The maximum Gasteiger partial charge on any atom is 0.131 e. The molecule has 4 rings (SSSR count). The highest BCUT2D eigenvalue weighted by molar-refractivity contribution is 5.65. The predicted octanol–water partition coefficient (Wildman–Crippen LogP) is 8.88. The number of allylic oxidation sites excluding steroid dienone is 2. The second-order valence-electron chi connectivity index (χ2n) is 9.84. The number of fused-ring (bicyclic) bond motifs is 1. The molecule has 2 aromatic rings. The molecule has 4 unspecified atom stereocenters. The zero-order valence-electron chi connectivity index (χ0n) is 18.9. The van der Waals surface area contributed by atoms with E-state index in [2.05, 4.69) is 37.4 Å². The third-order valence-electron chi connectivity index (χ3n) is 7.87. The minimum atomic E-state index is -0.0772. The van der Waals surface area contributed by atoms with Crippen LogP contribution in [0.25, 0.3) is 11.1 Å². The third-order valence-corrected chi connectivity index (χ3v) is 7.87. The molecule has 2 aromatic carbocycles. The fraction of sp³-hybridized carbons (Fsp3) is 0.467. The van der Waals surface area contributed by atoms with Crippen molar-refractivity contribution in [3.05, 3.63) is 84.7 Å². The molecule has 2 fully saturated rings. The Morgan fingerprint density at radius 3 is 2.32 bits per heavy atom. The topological polar surface area (TPSA) is 0 Å². The number of halogens is 1. The summed E-state index contributed by atoms with van der Waals surface area (Å²) in [4.78, 5) is 0. The van der Waals surface area contributed by atoms with Crippen molar-refractivity contribution in [2.75, 3.05) is 0 Å². The van der Waals surface area contributed by atoms with Crippen molar-refractivity contribution in [2.24, 2.45) is 17.8 Å². The van der Waals surface area contributed by atoms with Gasteiger partial charge in [-0.2, -0.15) is 0 Å². The zero-order valence-corrected chi connectivity index (χ0v) is 18.9. The van der Waals surface area contributed by atoms with E-state index < -0.39 is 0 Å². The van der Waals surface area contributed by atoms with Crippen LogP contribution in [0.4, 0.5) is 4.39 Å². The lowest BCUT2D eigenvalue weighted by molar-refractivity contribution is 0.115. The smallest absolute Gasteiger partial charge is 0.131 e. The molecule has 2 aliphatic carbocycles. The lowest BCUT2D eigenvalue weighted by Gasteiger charge is -2.42. The van der Waals surface area contributed by atoms with Crippen LogP contribution in [0.1, 0.15) is 74.8 Å². The van der Waals surface area contributed by atoms with Crippen molar-refractivity contribution in [3.8, 4) is 11.1 Å². The van der Waals surface area contributed by atoms with Crippen LogP contribution in [-0.2, 0) is 6.42 Å². The molecule has 0 radical (unpaired) electrons. The van der Waals surface area contributed by atoms with Crippen LogP contribution in [0.5, 0.6) is 0 Å². The molecule has 0 amide bonds. The molecule has 2 aliphatic rings. The highest BCUT2D eigenvalue weighted by Gasteiger charge is 2.35. The Hall–Kier alpha value is -2.15. The SMILES string of the molecule is C=CCCc1ccc(-c2ccc(C3CCC4CC(CCC=C)CCC4C3)cc2F)cc1. The van der Waals surface area contributed by atoms with Gasteiger partial charge in [0, 0.05) is 5.56 Å². The lowest BCUT2D eigenvalue weighted by Crippen LogP contribution is -2.30. The number of aryl methyl sites for hydroxylation is 1. The van der Waals surface area contributed by atoms with Crippen LogP contribution in [0.3, 0.4) is 0 Å². The van der Waals surface area contributed by atoms with Gasteiger partial charge >= 0.3 is 0 Å². The van der Waals surface area contributed by atoms with Crippen molar-refractivity contribution in [1.29, 1.82) is 0 Å². The van der Waals surface area contributed by atoms with Crippen LogP contribution in [0.15, 0.2) is 67.8 Å². The summed E-state index contributed by atoms with van der Waals surface area (Å²) in [7, 11) is 0. The minimum absolute atomic E-state index is 0.0772. The molecule has 2 saturated carbocycles. The largest absolute Gasteiger partial charge is 0.206 e. The van der Waals surface area contributed by atoms with Gasteiger partial charge in [0.15, 0.2) is 0 Å². The first-order chi connectivity index (χ1) is 15.2. The Bertz CT molecular complexity index is 878. The van der Waals surface area contributed by atoms with Crippen LogP contribution in [0, 0.1) is 23.6 Å². The molecule has 4 atom stereocenters. The summed E-state index contributed by atoms with van der Waals surface area (Å²) in [6.45, 7) is 7.67. The quantitative estimate of drug-likeness (QED) is 0.377. The van der Waals surface area contributed by atoms with Crippen LogP contribution >= 0.6 is 0 Å². The Morgan fingerprint density at radius 2 is 1.58 bits per heavy atom. The van der Waals surface area contributed by atoms with Crippen molar-refractivity contribution in [2.45, 2.75) is 70.1 Å². The normalized spacial score (nSPS) is 25.6. The van der Waals surface area contributed by atoms with E-state index in [1.54, 1.807) is 0 Å². The summed E-state index contributed by atoms with van der Waals surface area (Å²) in [5, 5.41) is 0. The predicted molar refractivity (Wildman–Crippen MR) is 131 cm³/mol. The van der Waals surface area contributed by atoms with Crippen molar-refractivity contribution < 1.29 is 4.39 Å². The molecule has 0 spiro atoms. The monoisotopic (exact) mass is 416 g/mol. The van der Waals surface area contributed by atoms with Gasteiger partial charge in [0.25, 0.3) is 0 Å². The number of hydrogen-bond acceptors (Lipinski definition) is 0. The van der Waals surface area contributed by atoms with E-state index >= 15 is 4.39 Å². The first-order valence-electron chi connectivity index (χ1n) is 12.3. The molecule has 0 aliphatic heterocycles. The van der Waals surface area contributed by atoms with Crippen molar-refractivity contribution in [3.63, 3.8) is 0 Å². The van der Waals surface area contributed by atoms with Gasteiger partial charge in [-0.15, -0.1) is 13.2 Å². The lowest BCUT2D eigenvalue weighted by atomic mass is 9.63. The Morgan fingerprint density at radius 1 is 0.839 bits per heavy atom. The van der Waals surface area contributed by atoms with Crippen LogP contribution < -0.4 is 0 Å². The maximum atomic E-state index is 15.1. The van der Waals surface area contributed by atoms with Crippen molar-refractivity contribution in [1.82, 2.24) is 0 Å². The summed E-state index contributed by atoms with van der Waals surface area (Å²) in [5.41, 5.74) is 4.16. The van der Waals surface area contributed by atoms with Gasteiger partial charge in [-0.3, -0.25) is 0 Å². The van der Waals surface area contributed by atoms with Gasteiger partial charge < -0.3 is 0 Å². The molecule has 164 valence electrons. The first-order valence-corrected chi connectivity index (χ1v) is 12.3. The molecule has 1 heteroatoms. The van der Waals surface area contributed by atoms with E-state index in [0.29, 0.717) is 5.92 Å². The Labute approximate surface area is 188 Å². The Balaban J connectivity index is 1.40. The Kier molecular flexibility index (Phi) is 7.43. The van der Waals surface area contributed by atoms with E-state index in [9.17, 15) is 0 Å². The summed E-state index contributed by atoms with van der Waals surface area (Å²) in [6.07, 6.45) is 16.4. The summed E-state index contributed by atoms with van der Waals surface area (Å²) < 4.78 is 15.1.